The van der Waals surface area contributed by atoms with E-state index in [4.69, 9.17) is 4.74 Å². The molecule has 0 spiro atoms. The molecule has 4 aliphatic heterocycles. The normalized spacial score (nSPS) is 28.9. The summed E-state index contributed by atoms with van der Waals surface area (Å²) in [5.41, 5.74) is 0.683. The Morgan fingerprint density at radius 1 is 1.08 bits per heavy atom. The van der Waals surface area contributed by atoms with Crippen LogP contribution in [-0.2, 0) is 9.53 Å². The molecule has 198 valence electrons. The summed E-state index contributed by atoms with van der Waals surface area (Å²) in [6.45, 7) is 8.59. The van der Waals surface area contributed by atoms with Crippen molar-refractivity contribution < 1.29 is 14.3 Å². The number of hydrogen-bond acceptors (Lipinski definition) is 6. The average molecular weight is 498 g/mol. The number of ether oxygens (including phenoxy) is 1. The van der Waals surface area contributed by atoms with E-state index < -0.39 is 0 Å². The Kier molecular flexibility index (Phi) is 8.88. The van der Waals surface area contributed by atoms with Crippen molar-refractivity contribution in [3.63, 3.8) is 0 Å². The zero-order chi connectivity index (χ0) is 24.7. The van der Waals surface area contributed by atoms with Gasteiger partial charge in [-0.05, 0) is 88.5 Å². The molecule has 0 radical (unpaired) electrons. The fraction of sp³-hybridized carbons (Fsp3) is 0.750. The summed E-state index contributed by atoms with van der Waals surface area (Å²) in [6.07, 6.45) is 11.5. The van der Waals surface area contributed by atoms with Crippen molar-refractivity contribution in [1.82, 2.24) is 25.0 Å². The van der Waals surface area contributed by atoms with Crippen LogP contribution in [0.15, 0.2) is 24.5 Å². The summed E-state index contributed by atoms with van der Waals surface area (Å²) in [6, 6.07) is 4.54. The maximum absolute atomic E-state index is 13.6. The van der Waals surface area contributed by atoms with Crippen LogP contribution < -0.4 is 5.32 Å². The molecular weight excluding hydrogens is 454 g/mol. The molecule has 1 aromatic heterocycles. The minimum absolute atomic E-state index is 0.113. The second-order valence-corrected chi connectivity index (χ2v) is 11.1. The summed E-state index contributed by atoms with van der Waals surface area (Å²) >= 11 is 0. The van der Waals surface area contributed by atoms with Gasteiger partial charge in [0.2, 0.25) is 5.91 Å². The molecular formula is C28H43N5O3. The number of amides is 2. The molecule has 4 aliphatic rings. The van der Waals surface area contributed by atoms with E-state index in [2.05, 4.69) is 25.0 Å². The van der Waals surface area contributed by atoms with E-state index in [9.17, 15) is 9.59 Å². The Labute approximate surface area is 215 Å². The lowest BCUT2D eigenvalue weighted by Crippen LogP contribution is -2.65. The van der Waals surface area contributed by atoms with Crippen molar-refractivity contribution in [3.8, 4) is 0 Å². The van der Waals surface area contributed by atoms with Crippen LogP contribution in [0.1, 0.15) is 61.7 Å². The first kappa shape index (κ1) is 25.6. The molecule has 0 aliphatic carbocycles. The van der Waals surface area contributed by atoms with Gasteiger partial charge in [-0.15, -0.1) is 0 Å². The van der Waals surface area contributed by atoms with Gasteiger partial charge in [-0.3, -0.25) is 24.4 Å². The number of morpholine rings is 1. The van der Waals surface area contributed by atoms with E-state index in [0.29, 0.717) is 29.9 Å². The zero-order valence-corrected chi connectivity index (χ0v) is 21.7. The minimum atomic E-state index is 0.113. The number of piperidine rings is 3. The Bertz CT molecular complexity index is 860. The van der Waals surface area contributed by atoms with Crippen molar-refractivity contribution in [3.05, 3.63) is 30.1 Å². The largest absolute Gasteiger partial charge is 0.379 e. The highest BCUT2D eigenvalue weighted by molar-refractivity contribution is 5.94. The maximum Gasteiger partial charge on any atom is 0.255 e. The van der Waals surface area contributed by atoms with Gasteiger partial charge in [0.25, 0.3) is 5.91 Å². The van der Waals surface area contributed by atoms with E-state index in [1.54, 1.807) is 12.4 Å². The lowest BCUT2D eigenvalue weighted by atomic mass is 9.69. The summed E-state index contributed by atoms with van der Waals surface area (Å²) in [4.78, 5) is 37.7. The Morgan fingerprint density at radius 3 is 2.72 bits per heavy atom. The number of carbonyl (C=O) groups excluding carboxylic acids is 2. The summed E-state index contributed by atoms with van der Waals surface area (Å²) in [7, 11) is 0. The van der Waals surface area contributed by atoms with Crippen LogP contribution in [0.5, 0.6) is 0 Å². The number of pyridine rings is 1. The predicted molar refractivity (Wildman–Crippen MR) is 139 cm³/mol. The molecule has 8 heteroatoms. The van der Waals surface area contributed by atoms with Crippen LogP contribution in [0.4, 0.5) is 0 Å². The molecule has 0 unspecified atom stereocenters. The third kappa shape index (κ3) is 6.09. The molecule has 4 saturated heterocycles. The van der Waals surface area contributed by atoms with Crippen LogP contribution >= 0.6 is 0 Å². The van der Waals surface area contributed by atoms with E-state index in [1.807, 2.05) is 12.1 Å². The van der Waals surface area contributed by atoms with Gasteiger partial charge in [-0.2, -0.15) is 0 Å². The molecule has 0 saturated carbocycles. The van der Waals surface area contributed by atoms with Gasteiger partial charge in [0.05, 0.1) is 18.8 Å². The molecule has 5 heterocycles. The number of hydrogen-bond donors (Lipinski definition) is 1. The molecule has 0 bridgehead atoms. The van der Waals surface area contributed by atoms with Gasteiger partial charge >= 0.3 is 0 Å². The molecule has 1 N–H and O–H groups in total. The number of nitrogens with zero attached hydrogens (tertiary/aromatic N) is 4. The topological polar surface area (TPSA) is 78.0 Å². The van der Waals surface area contributed by atoms with Crippen LogP contribution in [0, 0.1) is 11.8 Å². The van der Waals surface area contributed by atoms with Crippen LogP contribution in [0.25, 0.3) is 0 Å². The van der Waals surface area contributed by atoms with Gasteiger partial charge in [0.15, 0.2) is 0 Å². The average Bonchev–Trinajstić information content (AvgIpc) is 2.93. The number of nitrogens with one attached hydrogen (secondary N) is 1. The molecule has 5 rings (SSSR count). The van der Waals surface area contributed by atoms with Crippen molar-refractivity contribution in [2.75, 3.05) is 59.0 Å². The number of likely N-dealkylation sites (tertiary alicyclic amines) is 1. The van der Waals surface area contributed by atoms with Gasteiger partial charge in [0, 0.05) is 57.1 Å². The van der Waals surface area contributed by atoms with Crippen molar-refractivity contribution >= 4 is 11.8 Å². The van der Waals surface area contributed by atoms with E-state index in [-0.39, 0.29) is 17.9 Å². The monoisotopic (exact) mass is 497 g/mol. The van der Waals surface area contributed by atoms with Crippen molar-refractivity contribution in [2.24, 2.45) is 11.8 Å². The standard InChI is InChI=1S/C28H43N5O3/c34-26(30-12-5-13-31-16-18-36-19-17-31)10-1-9-25-24-8-4-15-32-14-3-7-23(27(24)32)21-33(25)28(35)22-6-2-11-29-20-22/h2,6,11,20,23-25,27H,1,3-5,7-10,12-19,21H2,(H,30,34)/t23-,24+,25+,27-/m0/s1. The minimum Gasteiger partial charge on any atom is -0.379 e. The summed E-state index contributed by atoms with van der Waals surface area (Å²) < 4.78 is 5.40. The Balaban J connectivity index is 1.16. The fourth-order valence-electron chi connectivity index (χ4n) is 7.17. The highest BCUT2D eigenvalue weighted by Crippen LogP contribution is 2.43. The smallest absolute Gasteiger partial charge is 0.255 e. The van der Waals surface area contributed by atoms with Gasteiger partial charge in [-0.25, -0.2) is 0 Å². The third-order valence-electron chi connectivity index (χ3n) is 8.82. The summed E-state index contributed by atoms with van der Waals surface area (Å²) in [5.74, 6) is 1.33. The number of carbonyl (C=O) groups is 2. The molecule has 36 heavy (non-hydrogen) atoms. The second-order valence-electron chi connectivity index (χ2n) is 11.1. The molecule has 0 aromatic carbocycles. The quantitative estimate of drug-likeness (QED) is 0.528. The first-order valence-electron chi connectivity index (χ1n) is 14.2. The van der Waals surface area contributed by atoms with Crippen molar-refractivity contribution in [2.45, 2.75) is 63.5 Å². The van der Waals surface area contributed by atoms with Gasteiger partial charge in [-0.1, -0.05) is 0 Å². The van der Waals surface area contributed by atoms with Crippen LogP contribution in [0.2, 0.25) is 0 Å². The molecule has 8 nitrogen and oxygen atoms in total. The maximum atomic E-state index is 13.6. The number of aromatic nitrogens is 1. The molecule has 2 amide bonds. The highest BCUT2D eigenvalue weighted by Gasteiger charge is 2.49. The molecule has 4 atom stereocenters. The van der Waals surface area contributed by atoms with Crippen molar-refractivity contribution in [1.29, 1.82) is 0 Å². The Hall–Kier alpha value is -2.03. The summed E-state index contributed by atoms with van der Waals surface area (Å²) in [5, 5.41) is 3.11. The first-order valence-corrected chi connectivity index (χ1v) is 14.2. The SMILES string of the molecule is O=C(CCC[C@@H]1[C@H]2CCCN3CCC[C@@H](CN1C(=O)c1cccnc1)[C@@H]23)NCCCN1CCOCC1. The lowest BCUT2D eigenvalue weighted by Gasteiger charge is -2.57. The second kappa shape index (κ2) is 12.5. The fourth-order valence-corrected chi connectivity index (χ4v) is 7.17. The molecule has 1 aromatic rings. The van der Waals surface area contributed by atoms with E-state index >= 15 is 0 Å². The van der Waals surface area contributed by atoms with E-state index in [0.717, 1.165) is 65.2 Å². The third-order valence-corrected chi connectivity index (χ3v) is 8.82. The first-order chi connectivity index (χ1) is 17.7. The predicted octanol–water partition coefficient (Wildman–Crippen LogP) is 2.41. The highest BCUT2D eigenvalue weighted by atomic mass is 16.5. The van der Waals surface area contributed by atoms with Gasteiger partial charge in [0.1, 0.15) is 0 Å². The zero-order valence-electron chi connectivity index (χ0n) is 21.7. The number of rotatable bonds is 9. The molecule has 4 fully saturated rings. The van der Waals surface area contributed by atoms with Gasteiger partial charge < -0.3 is 15.0 Å². The van der Waals surface area contributed by atoms with Crippen LogP contribution in [0.3, 0.4) is 0 Å². The van der Waals surface area contributed by atoms with E-state index in [1.165, 1.54) is 38.8 Å². The Morgan fingerprint density at radius 2 is 1.92 bits per heavy atom. The van der Waals surface area contributed by atoms with Crippen LogP contribution in [-0.4, -0.2) is 103 Å². The lowest BCUT2D eigenvalue weighted by molar-refractivity contribution is -0.121.